The van der Waals surface area contributed by atoms with E-state index in [1.807, 2.05) is 19.2 Å². The van der Waals surface area contributed by atoms with E-state index in [0.29, 0.717) is 19.6 Å². The predicted octanol–water partition coefficient (Wildman–Crippen LogP) is 2.38. The van der Waals surface area contributed by atoms with E-state index < -0.39 is 0 Å². The molecule has 1 aromatic rings. The molecule has 134 valence electrons. The first-order valence-corrected chi connectivity index (χ1v) is 9.08. The Labute approximate surface area is 144 Å². The summed E-state index contributed by atoms with van der Waals surface area (Å²) in [5.74, 6) is 1.00. The van der Waals surface area contributed by atoms with Crippen LogP contribution in [-0.2, 0) is 6.54 Å². The molecule has 1 aliphatic rings. The maximum Gasteiger partial charge on any atom is 0.317 e. The average Bonchev–Trinajstić information content (AvgIpc) is 2.89. The molecule has 2 rings (SSSR count). The molecule has 0 spiro atoms. The predicted molar refractivity (Wildman–Crippen MR) is 96.1 cm³/mol. The Morgan fingerprint density at radius 2 is 2.04 bits per heavy atom. The molecule has 2 N–H and O–H groups in total. The molecule has 0 saturated carbocycles. The Morgan fingerprint density at radius 1 is 1.29 bits per heavy atom. The van der Waals surface area contributed by atoms with Crippen molar-refractivity contribution in [1.29, 1.82) is 0 Å². The van der Waals surface area contributed by atoms with Crippen molar-refractivity contribution in [2.75, 3.05) is 37.7 Å². The van der Waals surface area contributed by atoms with Gasteiger partial charge in [0.05, 0.1) is 6.61 Å². The van der Waals surface area contributed by atoms with Gasteiger partial charge in [-0.25, -0.2) is 9.78 Å². The van der Waals surface area contributed by atoms with Crippen LogP contribution >= 0.6 is 0 Å². The number of anilines is 1. The Kier molecular flexibility index (Phi) is 7.82. The van der Waals surface area contributed by atoms with Crippen molar-refractivity contribution in [3.8, 4) is 0 Å². The van der Waals surface area contributed by atoms with Crippen molar-refractivity contribution in [2.45, 2.75) is 45.6 Å². The number of hydrogen-bond donors (Lipinski definition) is 2. The zero-order valence-electron chi connectivity index (χ0n) is 14.7. The number of rotatable bonds is 7. The molecular weight excluding hydrogens is 304 g/mol. The van der Waals surface area contributed by atoms with E-state index in [-0.39, 0.29) is 12.6 Å². The van der Waals surface area contributed by atoms with Crippen LogP contribution in [0.5, 0.6) is 0 Å². The first-order valence-electron chi connectivity index (χ1n) is 9.08. The molecule has 1 fully saturated rings. The highest BCUT2D eigenvalue weighted by Gasteiger charge is 2.13. The lowest BCUT2D eigenvalue weighted by molar-refractivity contribution is 0.177. The molecule has 0 bridgehead atoms. The standard InChI is InChI=1S/C18H30N4O2/c1-2-9-22(12-13-23)18(24)20-15-16-7-8-19-17(14-16)21-10-5-3-4-6-11-21/h7-8,14,23H,2-6,9-13,15H2,1H3,(H,20,24). The second kappa shape index (κ2) is 10.1. The quantitative estimate of drug-likeness (QED) is 0.803. The molecule has 6 heteroatoms. The summed E-state index contributed by atoms with van der Waals surface area (Å²) in [6.45, 7) is 5.63. The lowest BCUT2D eigenvalue weighted by atomic mass is 10.2. The number of aliphatic hydroxyl groups is 1. The van der Waals surface area contributed by atoms with Crippen molar-refractivity contribution in [1.82, 2.24) is 15.2 Å². The lowest BCUT2D eigenvalue weighted by Gasteiger charge is -2.23. The van der Waals surface area contributed by atoms with E-state index in [1.54, 1.807) is 4.90 Å². The number of urea groups is 1. The normalized spacial score (nSPS) is 15.0. The van der Waals surface area contributed by atoms with Crippen LogP contribution in [0.25, 0.3) is 0 Å². The summed E-state index contributed by atoms with van der Waals surface area (Å²) in [5.41, 5.74) is 1.05. The molecule has 0 aliphatic carbocycles. The Balaban J connectivity index is 1.92. The van der Waals surface area contributed by atoms with E-state index in [9.17, 15) is 4.79 Å². The number of hydrogen-bond acceptors (Lipinski definition) is 4. The van der Waals surface area contributed by atoms with E-state index in [0.717, 1.165) is 30.9 Å². The average molecular weight is 334 g/mol. The topological polar surface area (TPSA) is 68.7 Å². The lowest BCUT2D eigenvalue weighted by Crippen LogP contribution is -2.41. The Hall–Kier alpha value is -1.82. The summed E-state index contributed by atoms with van der Waals surface area (Å²) in [6.07, 6.45) is 7.72. The summed E-state index contributed by atoms with van der Waals surface area (Å²) in [7, 11) is 0. The first-order chi connectivity index (χ1) is 11.7. The Bertz CT molecular complexity index is 496. The third-order valence-electron chi connectivity index (χ3n) is 4.33. The maximum absolute atomic E-state index is 12.2. The van der Waals surface area contributed by atoms with Crippen LogP contribution in [0.3, 0.4) is 0 Å². The van der Waals surface area contributed by atoms with Crippen molar-refractivity contribution in [2.24, 2.45) is 0 Å². The molecular formula is C18H30N4O2. The van der Waals surface area contributed by atoms with Gasteiger partial charge in [-0.1, -0.05) is 19.8 Å². The van der Waals surface area contributed by atoms with E-state index in [1.165, 1.54) is 25.7 Å². The van der Waals surface area contributed by atoms with Crippen molar-refractivity contribution in [3.05, 3.63) is 23.9 Å². The fourth-order valence-electron chi connectivity index (χ4n) is 3.04. The summed E-state index contributed by atoms with van der Waals surface area (Å²) >= 11 is 0. The number of nitrogens with one attached hydrogen (secondary N) is 1. The minimum atomic E-state index is -0.126. The fraction of sp³-hybridized carbons (Fsp3) is 0.667. The van der Waals surface area contributed by atoms with E-state index >= 15 is 0 Å². The summed E-state index contributed by atoms with van der Waals surface area (Å²) in [5, 5.41) is 12.0. The molecule has 0 atom stereocenters. The number of nitrogens with zero attached hydrogens (tertiary/aromatic N) is 3. The fourth-order valence-corrected chi connectivity index (χ4v) is 3.04. The van der Waals surface area contributed by atoms with Gasteiger partial charge in [-0.15, -0.1) is 0 Å². The van der Waals surface area contributed by atoms with Crippen LogP contribution in [0, 0.1) is 0 Å². The van der Waals surface area contributed by atoms with Gasteiger partial charge in [0.25, 0.3) is 0 Å². The highest BCUT2D eigenvalue weighted by molar-refractivity contribution is 5.74. The highest BCUT2D eigenvalue weighted by Crippen LogP contribution is 2.18. The Morgan fingerprint density at radius 3 is 2.71 bits per heavy atom. The first kappa shape index (κ1) is 18.5. The summed E-state index contributed by atoms with van der Waals surface area (Å²) in [4.78, 5) is 20.7. The minimum Gasteiger partial charge on any atom is -0.395 e. The van der Waals surface area contributed by atoms with E-state index in [4.69, 9.17) is 5.11 Å². The summed E-state index contributed by atoms with van der Waals surface area (Å²) in [6, 6.07) is 3.89. The number of aliphatic hydroxyl groups excluding tert-OH is 1. The molecule has 0 unspecified atom stereocenters. The molecule has 1 aromatic heterocycles. The third kappa shape index (κ3) is 5.67. The van der Waals surface area contributed by atoms with Gasteiger partial charge in [0.1, 0.15) is 5.82 Å². The highest BCUT2D eigenvalue weighted by atomic mass is 16.3. The van der Waals surface area contributed by atoms with Gasteiger partial charge in [-0.05, 0) is 37.0 Å². The molecule has 6 nitrogen and oxygen atoms in total. The SMILES string of the molecule is CCCN(CCO)C(=O)NCc1ccnc(N2CCCCCC2)c1. The van der Waals surface area contributed by atoms with Crippen molar-refractivity contribution < 1.29 is 9.90 Å². The zero-order valence-corrected chi connectivity index (χ0v) is 14.7. The smallest absolute Gasteiger partial charge is 0.317 e. The number of amides is 2. The molecule has 1 saturated heterocycles. The summed E-state index contributed by atoms with van der Waals surface area (Å²) < 4.78 is 0. The van der Waals surface area contributed by atoms with Crippen LogP contribution in [0.15, 0.2) is 18.3 Å². The van der Waals surface area contributed by atoms with Gasteiger partial charge in [-0.3, -0.25) is 0 Å². The number of pyridine rings is 1. The van der Waals surface area contributed by atoms with Gasteiger partial charge < -0.3 is 20.2 Å². The number of carbonyl (C=O) groups excluding carboxylic acids is 1. The number of aromatic nitrogens is 1. The zero-order chi connectivity index (χ0) is 17.2. The molecule has 1 aliphatic heterocycles. The van der Waals surface area contributed by atoms with Crippen LogP contribution in [0.1, 0.15) is 44.6 Å². The third-order valence-corrected chi connectivity index (χ3v) is 4.33. The van der Waals surface area contributed by atoms with Gasteiger partial charge in [0, 0.05) is 38.9 Å². The second-order valence-electron chi connectivity index (χ2n) is 6.29. The van der Waals surface area contributed by atoms with Crippen LogP contribution in [0.4, 0.5) is 10.6 Å². The molecule has 0 aromatic carbocycles. The maximum atomic E-state index is 12.2. The molecule has 0 radical (unpaired) electrons. The molecule has 24 heavy (non-hydrogen) atoms. The van der Waals surface area contributed by atoms with Crippen LogP contribution in [-0.4, -0.2) is 53.8 Å². The number of carbonyl (C=O) groups is 1. The van der Waals surface area contributed by atoms with Gasteiger partial charge in [0.15, 0.2) is 0 Å². The molecule has 2 heterocycles. The van der Waals surface area contributed by atoms with Crippen molar-refractivity contribution >= 4 is 11.8 Å². The van der Waals surface area contributed by atoms with Crippen molar-refractivity contribution in [3.63, 3.8) is 0 Å². The second-order valence-corrected chi connectivity index (χ2v) is 6.29. The van der Waals surface area contributed by atoms with Gasteiger partial charge in [0.2, 0.25) is 0 Å². The van der Waals surface area contributed by atoms with Gasteiger partial charge in [-0.2, -0.15) is 0 Å². The monoisotopic (exact) mass is 334 g/mol. The van der Waals surface area contributed by atoms with Gasteiger partial charge >= 0.3 is 6.03 Å². The van der Waals surface area contributed by atoms with E-state index in [2.05, 4.69) is 21.3 Å². The largest absolute Gasteiger partial charge is 0.395 e. The van der Waals surface area contributed by atoms with Crippen LogP contribution in [0.2, 0.25) is 0 Å². The van der Waals surface area contributed by atoms with Crippen LogP contribution < -0.4 is 10.2 Å². The molecule has 2 amide bonds. The minimum absolute atomic E-state index is 0.0121.